The Bertz CT molecular complexity index is 1070. The van der Waals surface area contributed by atoms with Gasteiger partial charge >= 0.3 is 0 Å². The molecule has 0 aliphatic carbocycles. The molecule has 0 spiro atoms. The molecule has 2 heterocycles. The summed E-state index contributed by atoms with van der Waals surface area (Å²) in [4.78, 5) is 17.3. The van der Waals surface area contributed by atoms with Crippen LogP contribution in [-0.4, -0.2) is 28.2 Å². The fraction of sp³-hybridized carbons (Fsp3) is 0.280. The maximum absolute atomic E-state index is 12.6. The molecule has 0 bridgehead atoms. The topological polar surface area (TPSA) is 23.6 Å². The highest BCUT2D eigenvalue weighted by Crippen LogP contribution is 2.49. The van der Waals surface area contributed by atoms with Gasteiger partial charge in [0.25, 0.3) is 5.91 Å². The van der Waals surface area contributed by atoms with Crippen LogP contribution in [0.4, 0.5) is 5.69 Å². The Kier molecular flexibility index (Phi) is 5.60. The molecule has 1 saturated heterocycles. The van der Waals surface area contributed by atoms with Crippen LogP contribution in [0.15, 0.2) is 71.3 Å². The molecule has 1 amide bonds. The molecule has 4 rings (SSSR count). The number of carbonyl (C=O) groups excluding carboxylic acids is 1. The smallest absolute Gasteiger partial charge is 0.266 e. The molecule has 2 aromatic carbocycles. The van der Waals surface area contributed by atoms with Gasteiger partial charge in [0, 0.05) is 29.9 Å². The van der Waals surface area contributed by atoms with Crippen LogP contribution in [-0.2, 0) is 10.2 Å². The highest BCUT2D eigenvalue weighted by molar-refractivity contribution is 8.26. The van der Waals surface area contributed by atoms with E-state index in [4.69, 9.17) is 12.2 Å². The van der Waals surface area contributed by atoms with E-state index in [1.165, 1.54) is 39.8 Å². The summed E-state index contributed by atoms with van der Waals surface area (Å²) < 4.78 is 0.640. The molecule has 2 aromatic rings. The van der Waals surface area contributed by atoms with Crippen molar-refractivity contribution in [2.45, 2.75) is 33.1 Å². The molecule has 2 aliphatic rings. The van der Waals surface area contributed by atoms with Crippen molar-refractivity contribution < 1.29 is 4.79 Å². The van der Waals surface area contributed by atoms with Crippen molar-refractivity contribution >= 4 is 39.9 Å². The fourth-order valence-electron chi connectivity index (χ4n) is 4.27. The number of amides is 1. The van der Waals surface area contributed by atoms with E-state index in [2.05, 4.69) is 74.2 Å². The van der Waals surface area contributed by atoms with Crippen LogP contribution < -0.4 is 4.90 Å². The van der Waals surface area contributed by atoms with E-state index in [9.17, 15) is 4.79 Å². The minimum absolute atomic E-state index is 0.00656. The lowest BCUT2D eigenvalue weighted by Gasteiger charge is -2.25. The van der Waals surface area contributed by atoms with E-state index in [1.807, 2.05) is 19.1 Å². The lowest BCUT2D eigenvalue weighted by molar-refractivity contribution is -0.122. The van der Waals surface area contributed by atoms with Gasteiger partial charge in [-0.25, -0.2) is 0 Å². The summed E-state index contributed by atoms with van der Waals surface area (Å²) in [6.45, 7) is 10.1. The summed E-state index contributed by atoms with van der Waals surface area (Å²) in [6, 6.07) is 17.2. The third kappa shape index (κ3) is 3.40. The van der Waals surface area contributed by atoms with Crippen LogP contribution in [0, 0.1) is 0 Å². The molecule has 3 nitrogen and oxygen atoms in total. The van der Waals surface area contributed by atoms with Crippen LogP contribution in [0.25, 0.3) is 11.1 Å². The third-order valence-electron chi connectivity index (χ3n) is 5.90. The maximum atomic E-state index is 12.6. The molecule has 154 valence electrons. The number of anilines is 1. The Hall–Kier alpha value is -2.37. The van der Waals surface area contributed by atoms with Crippen LogP contribution >= 0.6 is 24.0 Å². The van der Waals surface area contributed by atoms with Crippen LogP contribution in [0.3, 0.4) is 0 Å². The quantitative estimate of drug-likeness (QED) is 0.427. The minimum atomic E-state index is -0.162. The van der Waals surface area contributed by atoms with E-state index >= 15 is 0 Å². The molecule has 0 saturated carbocycles. The molecule has 0 aromatic heterocycles. The average molecular weight is 435 g/mol. The Balaban J connectivity index is 1.75. The number of benzene rings is 2. The molecule has 0 unspecified atom stereocenters. The van der Waals surface area contributed by atoms with Gasteiger partial charge in [0.15, 0.2) is 0 Å². The second kappa shape index (κ2) is 8.05. The molecular weight excluding hydrogens is 408 g/mol. The Morgan fingerprint density at radius 2 is 1.67 bits per heavy atom. The Labute approximate surface area is 188 Å². The van der Waals surface area contributed by atoms with Gasteiger partial charge in [0.1, 0.15) is 4.32 Å². The minimum Gasteiger partial charge on any atom is -0.344 e. The van der Waals surface area contributed by atoms with Gasteiger partial charge in [-0.05, 0) is 54.8 Å². The molecule has 0 N–H and O–H groups in total. The van der Waals surface area contributed by atoms with E-state index in [0.717, 1.165) is 6.54 Å². The number of hydrogen-bond acceptors (Lipinski definition) is 4. The lowest BCUT2D eigenvalue weighted by atomic mass is 9.82. The molecule has 30 heavy (non-hydrogen) atoms. The van der Waals surface area contributed by atoms with Crippen LogP contribution in [0.5, 0.6) is 0 Å². The first kappa shape index (κ1) is 20.9. The number of thioether (sulfide) groups is 1. The number of nitrogens with zero attached hydrogens (tertiary/aromatic N) is 2. The normalized spacial score (nSPS) is 20.5. The number of likely N-dealkylation sites (N-methyl/N-ethyl adjacent to an activating group) is 2. The molecule has 5 heteroatoms. The van der Waals surface area contributed by atoms with Crippen molar-refractivity contribution in [1.82, 2.24) is 4.90 Å². The zero-order valence-corrected chi connectivity index (χ0v) is 19.4. The second-order valence-corrected chi connectivity index (χ2v) is 9.64. The van der Waals surface area contributed by atoms with Gasteiger partial charge in [-0.2, -0.15) is 0 Å². The highest BCUT2D eigenvalue weighted by Gasteiger charge is 2.39. The summed E-state index contributed by atoms with van der Waals surface area (Å²) in [7, 11) is 0. The van der Waals surface area contributed by atoms with Crippen molar-refractivity contribution in [3.05, 3.63) is 76.8 Å². The zero-order valence-electron chi connectivity index (χ0n) is 17.8. The largest absolute Gasteiger partial charge is 0.344 e. The first-order chi connectivity index (χ1) is 14.4. The predicted molar refractivity (Wildman–Crippen MR) is 132 cm³/mol. The van der Waals surface area contributed by atoms with Gasteiger partial charge in [-0.15, -0.1) is 0 Å². The van der Waals surface area contributed by atoms with Gasteiger partial charge in [0.2, 0.25) is 0 Å². The SMILES string of the molecule is CCN1C(=O)C(=CC=C2N(CC)c3ccc(-c4ccccc4)cc3C2(C)C)SC1=S. The summed E-state index contributed by atoms with van der Waals surface area (Å²) in [6.07, 6.45) is 4.05. The summed E-state index contributed by atoms with van der Waals surface area (Å²) >= 11 is 6.74. The van der Waals surface area contributed by atoms with E-state index in [1.54, 1.807) is 4.90 Å². The first-order valence-corrected chi connectivity index (χ1v) is 11.5. The highest BCUT2D eigenvalue weighted by atomic mass is 32.2. The van der Waals surface area contributed by atoms with Crippen molar-refractivity contribution in [1.29, 1.82) is 0 Å². The molecule has 0 radical (unpaired) electrons. The molecule has 2 aliphatic heterocycles. The number of carbonyl (C=O) groups is 1. The fourth-order valence-corrected chi connectivity index (χ4v) is 5.59. The van der Waals surface area contributed by atoms with Gasteiger partial charge < -0.3 is 4.90 Å². The number of thiocarbonyl (C=S) groups is 1. The first-order valence-electron chi connectivity index (χ1n) is 10.3. The van der Waals surface area contributed by atoms with Crippen molar-refractivity contribution in [2.24, 2.45) is 0 Å². The summed E-state index contributed by atoms with van der Waals surface area (Å²) in [5.41, 5.74) is 6.04. The van der Waals surface area contributed by atoms with Crippen LogP contribution in [0.2, 0.25) is 0 Å². The van der Waals surface area contributed by atoms with Gasteiger partial charge in [-0.1, -0.05) is 74.2 Å². The van der Waals surface area contributed by atoms with Crippen molar-refractivity contribution in [3.8, 4) is 11.1 Å². The second-order valence-electron chi connectivity index (χ2n) is 7.97. The predicted octanol–water partition coefficient (Wildman–Crippen LogP) is 6.12. The Morgan fingerprint density at radius 3 is 2.30 bits per heavy atom. The average Bonchev–Trinajstić information content (AvgIpc) is 3.15. The van der Waals surface area contributed by atoms with E-state index < -0.39 is 0 Å². The number of fused-ring (bicyclic) bond motifs is 1. The number of hydrogen-bond donors (Lipinski definition) is 0. The van der Waals surface area contributed by atoms with Gasteiger partial charge in [0.05, 0.1) is 4.91 Å². The van der Waals surface area contributed by atoms with Gasteiger partial charge in [-0.3, -0.25) is 9.69 Å². The summed E-state index contributed by atoms with van der Waals surface area (Å²) in [5, 5.41) is 0. The van der Waals surface area contributed by atoms with Crippen molar-refractivity contribution in [2.75, 3.05) is 18.0 Å². The molecule has 1 fully saturated rings. The third-order valence-corrected chi connectivity index (χ3v) is 7.29. The van der Waals surface area contributed by atoms with Crippen molar-refractivity contribution in [3.63, 3.8) is 0 Å². The monoisotopic (exact) mass is 434 g/mol. The van der Waals surface area contributed by atoms with E-state index in [-0.39, 0.29) is 11.3 Å². The summed E-state index contributed by atoms with van der Waals surface area (Å²) in [5.74, 6) is 0.00656. The van der Waals surface area contributed by atoms with E-state index in [0.29, 0.717) is 15.8 Å². The lowest BCUT2D eigenvalue weighted by Crippen LogP contribution is -2.27. The zero-order chi connectivity index (χ0) is 21.5. The Morgan fingerprint density at radius 1 is 0.967 bits per heavy atom. The van der Waals surface area contributed by atoms with Crippen LogP contribution in [0.1, 0.15) is 33.3 Å². The molecule has 0 atom stereocenters. The maximum Gasteiger partial charge on any atom is 0.266 e. The standard InChI is InChI=1S/C25H26N2OS2/c1-5-26-20-13-12-18(17-10-8-7-9-11-17)16-19(20)25(3,4)22(26)15-14-21-23(28)27(6-2)24(29)30-21/h7-16H,5-6H2,1-4H3. The molecular formula is C25H26N2OS2. The number of allylic oxidation sites excluding steroid dienone is 3. The number of rotatable bonds is 4.